The van der Waals surface area contributed by atoms with E-state index in [9.17, 15) is 0 Å². The van der Waals surface area contributed by atoms with Gasteiger partial charge >= 0.3 is 0 Å². The normalized spacial score (nSPS) is 26.8. The van der Waals surface area contributed by atoms with E-state index in [2.05, 4.69) is 5.32 Å². The summed E-state index contributed by atoms with van der Waals surface area (Å²) in [5, 5.41) is 12.3. The van der Waals surface area contributed by atoms with E-state index >= 15 is 0 Å². The smallest absolute Gasteiger partial charge is 0.0431 e. The molecule has 0 radical (unpaired) electrons. The van der Waals surface area contributed by atoms with Crippen LogP contribution < -0.4 is 11.1 Å². The minimum atomic E-state index is 0.339. The second-order valence-corrected chi connectivity index (χ2v) is 4.66. The van der Waals surface area contributed by atoms with Gasteiger partial charge in [0.1, 0.15) is 0 Å². The number of piperidine rings is 1. The van der Waals surface area contributed by atoms with Crippen LogP contribution in [0.4, 0.5) is 0 Å². The Morgan fingerprint density at radius 2 is 1.93 bits per heavy atom. The molecule has 1 fully saturated rings. The average molecular weight is 214 g/mol. The van der Waals surface area contributed by atoms with Crippen molar-refractivity contribution in [1.82, 2.24) is 5.32 Å². The second kappa shape index (κ2) is 8.08. The minimum Gasteiger partial charge on any atom is -0.396 e. The van der Waals surface area contributed by atoms with E-state index in [0.717, 1.165) is 37.8 Å². The first-order chi connectivity index (χ1) is 7.38. The molecule has 0 aromatic heterocycles. The van der Waals surface area contributed by atoms with Crippen LogP contribution in [0.15, 0.2) is 0 Å². The van der Waals surface area contributed by atoms with E-state index in [0.29, 0.717) is 6.61 Å². The molecule has 1 aliphatic heterocycles. The Balaban J connectivity index is 2.22. The summed E-state index contributed by atoms with van der Waals surface area (Å²) in [4.78, 5) is 0. The maximum absolute atomic E-state index is 8.86. The molecular weight excluding hydrogens is 188 g/mol. The highest BCUT2D eigenvalue weighted by molar-refractivity contribution is 4.78. The van der Waals surface area contributed by atoms with E-state index in [1.807, 2.05) is 0 Å². The Hall–Kier alpha value is -0.120. The van der Waals surface area contributed by atoms with Crippen LogP contribution in [0.1, 0.15) is 38.5 Å². The lowest BCUT2D eigenvalue weighted by Gasteiger charge is -2.32. The van der Waals surface area contributed by atoms with Gasteiger partial charge in [0.15, 0.2) is 0 Å². The third-order valence-electron chi connectivity index (χ3n) is 3.53. The summed E-state index contributed by atoms with van der Waals surface area (Å²) in [5.74, 6) is 1.65. The molecular formula is C12H26N2O. The standard InChI is InChI=1S/C12H26N2O/c13-7-2-1-4-11-6-8-14-10-12(11)5-3-9-15/h11-12,14-15H,1-10,13H2. The highest BCUT2D eigenvalue weighted by Crippen LogP contribution is 2.27. The summed E-state index contributed by atoms with van der Waals surface area (Å²) >= 11 is 0. The molecule has 1 rings (SSSR count). The van der Waals surface area contributed by atoms with Crippen LogP contribution >= 0.6 is 0 Å². The maximum atomic E-state index is 8.86. The van der Waals surface area contributed by atoms with E-state index in [1.165, 1.54) is 32.2 Å². The van der Waals surface area contributed by atoms with E-state index in [4.69, 9.17) is 10.8 Å². The molecule has 0 spiro atoms. The molecule has 1 saturated heterocycles. The molecule has 1 aliphatic rings. The number of unbranched alkanes of at least 4 members (excludes halogenated alkanes) is 1. The van der Waals surface area contributed by atoms with Crippen molar-refractivity contribution in [3.8, 4) is 0 Å². The Kier molecular flexibility index (Phi) is 6.98. The van der Waals surface area contributed by atoms with Crippen LogP contribution in [0.2, 0.25) is 0 Å². The first-order valence-electron chi connectivity index (χ1n) is 6.40. The number of nitrogens with two attached hydrogens (primary N) is 1. The number of nitrogens with one attached hydrogen (secondary N) is 1. The number of hydrogen-bond acceptors (Lipinski definition) is 3. The van der Waals surface area contributed by atoms with Gasteiger partial charge in [-0.25, -0.2) is 0 Å². The van der Waals surface area contributed by atoms with E-state index in [1.54, 1.807) is 0 Å². The van der Waals surface area contributed by atoms with Crippen LogP contribution in [-0.2, 0) is 0 Å². The quantitative estimate of drug-likeness (QED) is 0.557. The van der Waals surface area contributed by atoms with Gasteiger partial charge in [-0.05, 0) is 57.2 Å². The van der Waals surface area contributed by atoms with Crippen molar-refractivity contribution in [3.63, 3.8) is 0 Å². The highest BCUT2D eigenvalue weighted by atomic mass is 16.2. The zero-order valence-electron chi connectivity index (χ0n) is 9.75. The molecule has 0 aliphatic carbocycles. The monoisotopic (exact) mass is 214 g/mol. The molecule has 2 atom stereocenters. The number of hydrogen-bond donors (Lipinski definition) is 3. The fraction of sp³-hybridized carbons (Fsp3) is 1.00. The van der Waals surface area contributed by atoms with Gasteiger partial charge in [-0.2, -0.15) is 0 Å². The SMILES string of the molecule is NCCCCC1CCNCC1CCCO. The number of aliphatic hydroxyl groups excluding tert-OH is 1. The molecule has 3 heteroatoms. The molecule has 3 nitrogen and oxygen atoms in total. The molecule has 90 valence electrons. The van der Waals surface area contributed by atoms with Gasteiger partial charge in [0, 0.05) is 6.61 Å². The molecule has 1 heterocycles. The Morgan fingerprint density at radius 1 is 1.13 bits per heavy atom. The second-order valence-electron chi connectivity index (χ2n) is 4.66. The number of aliphatic hydroxyl groups is 1. The molecule has 15 heavy (non-hydrogen) atoms. The fourth-order valence-electron chi connectivity index (χ4n) is 2.60. The first-order valence-corrected chi connectivity index (χ1v) is 6.40. The van der Waals surface area contributed by atoms with Gasteiger partial charge in [0.2, 0.25) is 0 Å². The summed E-state index contributed by atoms with van der Waals surface area (Å²) < 4.78 is 0. The first kappa shape index (κ1) is 12.9. The van der Waals surface area contributed by atoms with Crippen LogP contribution in [0.25, 0.3) is 0 Å². The van der Waals surface area contributed by atoms with Crippen LogP contribution in [0, 0.1) is 11.8 Å². The summed E-state index contributed by atoms with van der Waals surface area (Å²) in [6, 6.07) is 0. The zero-order valence-corrected chi connectivity index (χ0v) is 9.75. The summed E-state index contributed by atoms with van der Waals surface area (Å²) in [6.07, 6.45) is 7.21. The minimum absolute atomic E-state index is 0.339. The molecule has 0 saturated carbocycles. The lowest BCUT2D eigenvalue weighted by molar-refractivity contribution is 0.199. The lowest BCUT2D eigenvalue weighted by atomic mass is 9.80. The molecule has 0 aromatic carbocycles. The Labute approximate surface area is 93.4 Å². The third-order valence-corrected chi connectivity index (χ3v) is 3.53. The van der Waals surface area contributed by atoms with Crippen molar-refractivity contribution < 1.29 is 5.11 Å². The van der Waals surface area contributed by atoms with Crippen molar-refractivity contribution in [2.24, 2.45) is 17.6 Å². The van der Waals surface area contributed by atoms with Crippen molar-refractivity contribution in [2.45, 2.75) is 38.5 Å². The van der Waals surface area contributed by atoms with Crippen molar-refractivity contribution in [3.05, 3.63) is 0 Å². The molecule has 0 bridgehead atoms. The lowest BCUT2D eigenvalue weighted by Crippen LogP contribution is -2.36. The van der Waals surface area contributed by atoms with Crippen molar-refractivity contribution in [2.75, 3.05) is 26.2 Å². The fourth-order valence-corrected chi connectivity index (χ4v) is 2.60. The topological polar surface area (TPSA) is 58.3 Å². The predicted molar refractivity (Wildman–Crippen MR) is 63.7 cm³/mol. The molecule has 4 N–H and O–H groups in total. The summed E-state index contributed by atoms with van der Waals surface area (Å²) in [6.45, 7) is 3.48. The summed E-state index contributed by atoms with van der Waals surface area (Å²) in [7, 11) is 0. The summed E-state index contributed by atoms with van der Waals surface area (Å²) in [5.41, 5.74) is 5.51. The predicted octanol–water partition coefficient (Wildman–Crippen LogP) is 1.11. The van der Waals surface area contributed by atoms with E-state index < -0.39 is 0 Å². The van der Waals surface area contributed by atoms with Gasteiger partial charge in [-0.3, -0.25) is 0 Å². The average Bonchev–Trinajstić information content (AvgIpc) is 2.28. The van der Waals surface area contributed by atoms with Crippen LogP contribution in [-0.4, -0.2) is 31.3 Å². The van der Waals surface area contributed by atoms with Crippen molar-refractivity contribution >= 4 is 0 Å². The van der Waals surface area contributed by atoms with Crippen LogP contribution in [0.5, 0.6) is 0 Å². The number of rotatable bonds is 7. The van der Waals surface area contributed by atoms with Crippen LogP contribution in [0.3, 0.4) is 0 Å². The van der Waals surface area contributed by atoms with Gasteiger partial charge in [0.05, 0.1) is 0 Å². The highest BCUT2D eigenvalue weighted by Gasteiger charge is 2.23. The maximum Gasteiger partial charge on any atom is 0.0431 e. The Bertz CT molecular complexity index is 153. The van der Waals surface area contributed by atoms with E-state index in [-0.39, 0.29) is 0 Å². The van der Waals surface area contributed by atoms with Gasteiger partial charge in [0.25, 0.3) is 0 Å². The molecule has 0 aromatic rings. The van der Waals surface area contributed by atoms with Gasteiger partial charge in [-0.15, -0.1) is 0 Å². The van der Waals surface area contributed by atoms with Crippen molar-refractivity contribution in [1.29, 1.82) is 0 Å². The van der Waals surface area contributed by atoms with Gasteiger partial charge in [-0.1, -0.05) is 12.8 Å². The Morgan fingerprint density at radius 3 is 2.67 bits per heavy atom. The largest absolute Gasteiger partial charge is 0.396 e. The third kappa shape index (κ3) is 4.96. The zero-order chi connectivity index (χ0) is 10.9. The van der Waals surface area contributed by atoms with Gasteiger partial charge < -0.3 is 16.2 Å². The molecule has 2 unspecified atom stereocenters. The molecule has 0 amide bonds.